The molecule has 1 heterocycles. The summed E-state index contributed by atoms with van der Waals surface area (Å²) in [6.45, 7) is 0. The number of aromatic amines is 1. The van der Waals surface area contributed by atoms with E-state index in [2.05, 4.69) is 10.3 Å². The van der Waals surface area contributed by atoms with E-state index in [9.17, 15) is 18.4 Å². The normalized spacial score (nSPS) is 10.2. The molecule has 0 saturated carbocycles. The molecule has 17 heavy (non-hydrogen) atoms. The van der Waals surface area contributed by atoms with Crippen molar-refractivity contribution in [2.45, 2.75) is 0 Å². The van der Waals surface area contributed by atoms with Crippen molar-refractivity contribution in [3.8, 4) is 0 Å². The number of aromatic nitrogens is 1. The quantitative estimate of drug-likeness (QED) is 0.862. The Hall–Kier alpha value is -2.02. The Morgan fingerprint density at radius 1 is 1.35 bits per heavy atom. The minimum Gasteiger partial charge on any atom is -0.318 e. The SMILES string of the molecule is O=C(Nc1cccc(F)c1F)c1csc(=O)[nH]1. The average Bonchev–Trinajstić information content (AvgIpc) is 2.72. The molecule has 0 aliphatic rings. The summed E-state index contributed by atoms with van der Waals surface area (Å²) < 4.78 is 26.1. The molecule has 0 spiro atoms. The highest BCUT2D eigenvalue weighted by Crippen LogP contribution is 2.17. The summed E-state index contributed by atoms with van der Waals surface area (Å²) in [6, 6.07) is 3.43. The molecule has 0 saturated heterocycles. The third-order valence-corrected chi connectivity index (χ3v) is 2.63. The second-order valence-electron chi connectivity index (χ2n) is 3.12. The van der Waals surface area contributed by atoms with Crippen LogP contribution in [-0.2, 0) is 0 Å². The first-order chi connectivity index (χ1) is 8.08. The van der Waals surface area contributed by atoms with Gasteiger partial charge in [-0.1, -0.05) is 17.4 Å². The molecule has 7 heteroatoms. The Labute approximate surface area is 97.9 Å². The van der Waals surface area contributed by atoms with Crippen LogP contribution in [0, 0.1) is 11.6 Å². The van der Waals surface area contributed by atoms with E-state index in [0.29, 0.717) is 0 Å². The zero-order chi connectivity index (χ0) is 12.4. The van der Waals surface area contributed by atoms with E-state index in [1.54, 1.807) is 0 Å². The van der Waals surface area contributed by atoms with Gasteiger partial charge in [-0.25, -0.2) is 8.78 Å². The van der Waals surface area contributed by atoms with Gasteiger partial charge in [-0.3, -0.25) is 9.59 Å². The van der Waals surface area contributed by atoms with E-state index in [-0.39, 0.29) is 11.4 Å². The van der Waals surface area contributed by atoms with Gasteiger partial charge in [0, 0.05) is 5.38 Å². The van der Waals surface area contributed by atoms with Gasteiger partial charge in [-0.2, -0.15) is 0 Å². The van der Waals surface area contributed by atoms with Crippen LogP contribution in [0.25, 0.3) is 0 Å². The van der Waals surface area contributed by atoms with Gasteiger partial charge in [0.2, 0.25) is 0 Å². The molecule has 2 aromatic rings. The highest BCUT2D eigenvalue weighted by Gasteiger charge is 2.13. The minimum atomic E-state index is -1.14. The van der Waals surface area contributed by atoms with Crippen molar-refractivity contribution in [1.29, 1.82) is 0 Å². The number of amides is 1. The lowest BCUT2D eigenvalue weighted by molar-refractivity contribution is 0.102. The van der Waals surface area contributed by atoms with Gasteiger partial charge in [0.25, 0.3) is 5.91 Å². The van der Waals surface area contributed by atoms with Gasteiger partial charge in [0.15, 0.2) is 11.6 Å². The van der Waals surface area contributed by atoms with Crippen molar-refractivity contribution in [3.05, 3.63) is 50.6 Å². The van der Waals surface area contributed by atoms with Gasteiger partial charge in [0.1, 0.15) is 5.69 Å². The molecule has 0 fully saturated rings. The Balaban J connectivity index is 2.24. The molecular weight excluding hydrogens is 250 g/mol. The monoisotopic (exact) mass is 256 g/mol. The number of nitrogens with one attached hydrogen (secondary N) is 2. The first-order valence-electron chi connectivity index (χ1n) is 4.51. The summed E-state index contributed by atoms with van der Waals surface area (Å²) in [5.41, 5.74) is -0.272. The van der Waals surface area contributed by atoms with Crippen molar-refractivity contribution in [3.63, 3.8) is 0 Å². The van der Waals surface area contributed by atoms with Crippen molar-refractivity contribution < 1.29 is 13.6 Å². The van der Waals surface area contributed by atoms with Crippen LogP contribution in [0.15, 0.2) is 28.4 Å². The van der Waals surface area contributed by atoms with E-state index in [1.807, 2.05) is 0 Å². The highest BCUT2D eigenvalue weighted by atomic mass is 32.1. The van der Waals surface area contributed by atoms with Crippen molar-refractivity contribution in [2.75, 3.05) is 5.32 Å². The molecule has 0 unspecified atom stereocenters. The Bertz CT molecular complexity index is 621. The maximum atomic E-state index is 13.2. The predicted molar refractivity (Wildman–Crippen MR) is 59.3 cm³/mol. The number of anilines is 1. The summed E-state index contributed by atoms with van der Waals surface area (Å²) in [6.07, 6.45) is 0. The van der Waals surface area contributed by atoms with Crippen molar-refractivity contribution >= 4 is 22.9 Å². The molecule has 1 amide bonds. The number of hydrogen-bond donors (Lipinski definition) is 2. The van der Waals surface area contributed by atoms with E-state index < -0.39 is 22.4 Å². The van der Waals surface area contributed by atoms with Gasteiger partial charge in [-0.05, 0) is 12.1 Å². The van der Waals surface area contributed by atoms with Crippen LogP contribution in [0.4, 0.5) is 14.5 Å². The first-order valence-corrected chi connectivity index (χ1v) is 5.39. The van der Waals surface area contributed by atoms with Crippen LogP contribution in [-0.4, -0.2) is 10.9 Å². The third kappa shape index (κ3) is 2.39. The third-order valence-electron chi connectivity index (χ3n) is 1.96. The maximum absolute atomic E-state index is 13.2. The standard InChI is InChI=1S/C10H6F2N2O2S/c11-5-2-1-3-6(8(5)12)13-9(15)7-4-17-10(16)14-7/h1-4H,(H,13,15)(H,14,16). The molecule has 2 N–H and O–H groups in total. The second-order valence-corrected chi connectivity index (χ2v) is 3.96. The smallest absolute Gasteiger partial charge is 0.305 e. The number of thiazole rings is 1. The zero-order valence-electron chi connectivity index (χ0n) is 8.29. The van der Waals surface area contributed by atoms with Crippen LogP contribution >= 0.6 is 11.3 Å². The summed E-state index contributed by atoms with van der Waals surface area (Å²) in [7, 11) is 0. The number of carbonyl (C=O) groups excluding carboxylic acids is 1. The lowest BCUT2D eigenvalue weighted by atomic mass is 10.3. The first kappa shape index (κ1) is 11.5. The summed E-state index contributed by atoms with van der Waals surface area (Å²) in [4.78, 5) is 24.2. The van der Waals surface area contributed by atoms with E-state index >= 15 is 0 Å². The number of carbonyl (C=O) groups is 1. The number of H-pyrrole nitrogens is 1. The van der Waals surface area contributed by atoms with Gasteiger partial charge in [0.05, 0.1) is 5.69 Å². The Morgan fingerprint density at radius 3 is 2.76 bits per heavy atom. The molecule has 4 nitrogen and oxygen atoms in total. The molecule has 0 atom stereocenters. The minimum absolute atomic E-state index is 0.00339. The van der Waals surface area contributed by atoms with Crippen LogP contribution in [0.3, 0.4) is 0 Å². The van der Waals surface area contributed by atoms with Crippen LogP contribution in [0.1, 0.15) is 10.5 Å². The molecule has 1 aromatic carbocycles. The molecule has 0 aliphatic carbocycles. The topological polar surface area (TPSA) is 62.0 Å². The van der Waals surface area contributed by atoms with Gasteiger partial charge in [-0.15, -0.1) is 0 Å². The Morgan fingerprint density at radius 2 is 2.12 bits per heavy atom. The van der Waals surface area contributed by atoms with Crippen LogP contribution in [0.5, 0.6) is 0 Å². The van der Waals surface area contributed by atoms with E-state index in [0.717, 1.165) is 17.4 Å². The fourth-order valence-electron chi connectivity index (χ4n) is 1.18. The number of benzene rings is 1. The Kier molecular flexibility index (Phi) is 3.01. The fraction of sp³-hybridized carbons (Fsp3) is 0. The highest BCUT2D eigenvalue weighted by molar-refractivity contribution is 7.07. The number of rotatable bonds is 2. The maximum Gasteiger partial charge on any atom is 0.305 e. The van der Waals surface area contributed by atoms with E-state index in [1.165, 1.54) is 17.5 Å². The number of hydrogen-bond acceptors (Lipinski definition) is 3. The van der Waals surface area contributed by atoms with Gasteiger partial charge >= 0.3 is 4.87 Å². The van der Waals surface area contributed by atoms with Crippen LogP contribution < -0.4 is 10.2 Å². The number of halogens is 2. The molecule has 1 aromatic heterocycles. The predicted octanol–water partition coefficient (Wildman–Crippen LogP) is 1.97. The van der Waals surface area contributed by atoms with Gasteiger partial charge < -0.3 is 10.3 Å². The van der Waals surface area contributed by atoms with E-state index in [4.69, 9.17) is 0 Å². The second kappa shape index (κ2) is 4.46. The summed E-state index contributed by atoms with van der Waals surface area (Å²) in [5, 5.41) is 3.46. The lowest BCUT2D eigenvalue weighted by Gasteiger charge is -2.04. The molecule has 2 rings (SSSR count). The fourth-order valence-corrected chi connectivity index (χ4v) is 1.74. The molecule has 0 aliphatic heterocycles. The van der Waals surface area contributed by atoms with Crippen molar-refractivity contribution in [2.24, 2.45) is 0 Å². The largest absolute Gasteiger partial charge is 0.318 e. The van der Waals surface area contributed by atoms with Crippen LogP contribution in [0.2, 0.25) is 0 Å². The molecule has 88 valence electrons. The summed E-state index contributed by atoms with van der Waals surface area (Å²) >= 11 is 0.811. The summed E-state index contributed by atoms with van der Waals surface area (Å²) in [5.74, 6) is -2.90. The zero-order valence-corrected chi connectivity index (χ0v) is 9.11. The lowest BCUT2D eigenvalue weighted by Crippen LogP contribution is -2.15. The molecular formula is C10H6F2N2O2S. The average molecular weight is 256 g/mol. The molecule has 0 bridgehead atoms. The van der Waals surface area contributed by atoms with Crippen molar-refractivity contribution in [1.82, 2.24) is 4.98 Å². The molecule has 0 radical (unpaired) electrons.